The summed E-state index contributed by atoms with van der Waals surface area (Å²) in [5, 5.41) is 11.9. The van der Waals surface area contributed by atoms with Crippen molar-refractivity contribution in [1.29, 1.82) is 0 Å². The van der Waals surface area contributed by atoms with Gasteiger partial charge in [-0.25, -0.2) is 4.98 Å². The number of aromatic nitrogens is 1. The van der Waals surface area contributed by atoms with Crippen LogP contribution in [0.25, 0.3) is 16.0 Å². The van der Waals surface area contributed by atoms with Gasteiger partial charge in [-0.3, -0.25) is 14.5 Å². The Hall–Kier alpha value is -3.97. The molecule has 0 radical (unpaired) electrons. The molecule has 5 rings (SSSR count). The number of aliphatic hydroxyl groups excluding tert-OH is 1. The lowest BCUT2D eigenvalue weighted by atomic mass is 9.93. The number of amides is 1. The lowest BCUT2D eigenvalue weighted by Gasteiger charge is -2.23. The van der Waals surface area contributed by atoms with Crippen LogP contribution in [-0.4, -0.2) is 28.9 Å². The number of hydrogen-bond donors (Lipinski definition) is 1. The number of aliphatic hydroxyl groups is 1. The number of carbonyl (C=O) groups excluding carboxylic acids is 2. The maximum Gasteiger partial charge on any atom is 0.301 e. The van der Waals surface area contributed by atoms with Crippen LogP contribution in [0, 0.1) is 13.8 Å². The zero-order valence-electron chi connectivity index (χ0n) is 21.4. The van der Waals surface area contributed by atoms with Crippen LogP contribution in [0.4, 0.5) is 5.13 Å². The van der Waals surface area contributed by atoms with Gasteiger partial charge >= 0.3 is 5.91 Å². The van der Waals surface area contributed by atoms with Gasteiger partial charge in [0, 0.05) is 5.56 Å². The van der Waals surface area contributed by atoms with E-state index < -0.39 is 17.7 Å². The van der Waals surface area contributed by atoms with Crippen LogP contribution < -0.4 is 9.64 Å². The number of fused-ring (bicyclic) bond motifs is 1. The molecule has 1 N–H and O–H groups in total. The number of carbonyl (C=O) groups is 2. The smallest absolute Gasteiger partial charge is 0.301 e. The monoisotopic (exact) mass is 512 g/mol. The van der Waals surface area contributed by atoms with E-state index in [9.17, 15) is 14.7 Å². The molecule has 0 bridgehead atoms. The summed E-state index contributed by atoms with van der Waals surface area (Å²) in [6, 6.07) is 18.1. The topological polar surface area (TPSA) is 79.7 Å². The van der Waals surface area contributed by atoms with Crippen molar-refractivity contribution in [2.75, 3.05) is 12.0 Å². The van der Waals surface area contributed by atoms with E-state index in [0.29, 0.717) is 22.4 Å². The summed E-state index contributed by atoms with van der Waals surface area (Å²) in [6.07, 6.45) is 0. The fourth-order valence-corrected chi connectivity index (χ4v) is 5.80. The van der Waals surface area contributed by atoms with Crippen molar-refractivity contribution in [3.8, 4) is 5.75 Å². The van der Waals surface area contributed by atoms with E-state index in [0.717, 1.165) is 32.5 Å². The highest BCUT2D eigenvalue weighted by molar-refractivity contribution is 7.22. The highest BCUT2D eigenvalue weighted by atomic mass is 32.1. The first-order valence-corrected chi connectivity index (χ1v) is 12.9. The molecule has 188 valence electrons. The molecule has 7 heteroatoms. The van der Waals surface area contributed by atoms with E-state index in [1.165, 1.54) is 16.2 Å². The molecule has 1 unspecified atom stereocenters. The van der Waals surface area contributed by atoms with Gasteiger partial charge in [0.25, 0.3) is 5.78 Å². The zero-order valence-corrected chi connectivity index (χ0v) is 22.2. The fraction of sp³-hybridized carbons (Fsp3) is 0.233. The van der Waals surface area contributed by atoms with Gasteiger partial charge < -0.3 is 9.84 Å². The number of thiazole rings is 1. The summed E-state index contributed by atoms with van der Waals surface area (Å²) in [5.41, 5.74) is 5.00. The minimum absolute atomic E-state index is 0.0438. The molecule has 1 saturated heterocycles. The molecule has 37 heavy (non-hydrogen) atoms. The predicted octanol–water partition coefficient (Wildman–Crippen LogP) is 6.67. The molecule has 1 aromatic heterocycles. The molecular formula is C30H28N2O4S. The number of ether oxygens (including phenoxy) is 1. The molecule has 1 atom stereocenters. The lowest BCUT2D eigenvalue weighted by molar-refractivity contribution is -0.132. The first kappa shape index (κ1) is 24.7. The van der Waals surface area contributed by atoms with Crippen molar-refractivity contribution in [2.45, 2.75) is 39.7 Å². The van der Waals surface area contributed by atoms with Crippen LogP contribution >= 0.6 is 11.3 Å². The van der Waals surface area contributed by atoms with Gasteiger partial charge in [0.05, 0.1) is 28.9 Å². The Morgan fingerprint density at radius 2 is 1.76 bits per heavy atom. The molecule has 1 aliphatic heterocycles. The molecule has 0 saturated carbocycles. The van der Waals surface area contributed by atoms with Crippen LogP contribution in [0.2, 0.25) is 0 Å². The average molecular weight is 513 g/mol. The van der Waals surface area contributed by atoms with Gasteiger partial charge in [0.15, 0.2) is 5.13 Å². The molecule has 1 amide bonds. The molecule has 6 nitrogen and oxygen atoms in total. The van der Waals surface area contributed by atoms with E-state index in [1.54, 1.807) is 25.3 Å². The van der Waals surface area contributed by atoms with Gasteiger partial charge in [-0.2, -0.15) is 0 Å². The summed E-state index contributed by atoms with van der Waals surface area (Å²) in [5.74, 6) is -0.667. The number of hydrogen-bond acceptors (Lipinski definition) is 6. The highest BCUT2D eigenvalue weighted by Crippen LogP contribution is 2.44. The first-order valence-electron chi connectivity index (χ1n) is 12.1. The number of rotatable bonds is 5. The Kier molecular flexibility index (Phi) is 6.33. The number of nitrogens with zero attached hydrogens (tertiary/aromatic N) is 2. The summed E-state index contributed by atoms with van der Waals surface area (Å²) in [7, 11) is 1.58. The molecule has 4 aromatic rings. The number of benzene rings is 3. The normalized spacial score (nSPS) is 17.2. The van der Waals surface area contributed by atoms with Crippen molar-refractivity contribution in [3.63, 3.8) is 0 Å². The van der Waals surface area contributed by atoms with Crippen molar-refractivity contribution < 1.29 is 19.4 Å². The van der Waals surface area contributed by atoms with Crippen molar-refractivity contribution in [3.05, 3.63) is 94.1 Å². The summed E-state index contributed by atoms with van der Waals surface area (Å²) >= 11 is 1.36. The second-order valence-electron chi connectivity index (χ2n) is 9.64. The maximum absolute atomic E-state index is 13.5. The number of ketones is 1. The van der Waals surface area contributed by atoms with Crippen LogP contribution in [0.3, 0.4) is 0 Å². The third-order valence-corrected chi connectivity index (χ3v) is 7.79. The van der Waals surface area contributed by atoms with Crippen molar-refractivity contribution in [1.82, 2.24) is 4.98 Å². The number of aryl methyl sites for hydroxylation is 2. The Morgan fingerprint density at radius 1 is 1.03 bits per heavy atom. The van der Waals surface area contributed by atoms with Gasteiger partial charge in [-0.15, -0.1) is 0 Å². The van der Waals surface area contributed by atoms with Gasteiger partial charge in [-0.1, -0.05) is 55.5 Å². The summed E-state index contributed by atoms with van der Waals surface area (Å²) < 4.78 is 6.27. The van der Waals surface area contributed by atoms with Crippen LogP contribution in [0.5, 0.6) is 5.75 Å². The molecule has 3 aromatic carbocycles. The van der Waals surface area contributed by atoms with E-state index in [1.807, 2.05) is 56.3 Å². The van der Waals surface area contributed by atoms with E-state index in [2.05, 4.69) is 13.8 Å². The van der Waals surface area contributed by atoms with Gasteiger partial charge in [-0.05, 0) is 72.4 Å². The van der Waals surface area contributed by atoms with Crippen LogP contribution in [0.15, 0.2) is 66.2 Å². The molecular weight excluding hydrogens is 484 g/mol. The minimum Gasteiger partial charge on any atom is -0.507 e. The Bertz CT molecular complexity index is 1570. The number of anilines is 1. The molecule has 2 heterocycles. The second-order valence-corrected chi connectivity index (χ2v) is 10.7. The standard InChI is InChI=1S/C30H28N2O4S/c1-16(2)19-7-9-20(10-8-19)26-25(27(33)21-11-13-23(36-5)18(4)15-21)28(34)29(35)32(26)30-31-22-12-6-17(3)14-24(22)37-30/h6-16,26,33H,1-5H3/b27-25+. The Labute approximate surface area is 219 Å². The van der Waals surface area contributed by atoms with Crippen molar-refractivity contribution in [2.24, 2.45) is 0 Å². The third-order valence-electron chi connectivity index (χ3n) is 6.77. The molecule has 1 aliphatic rings. The predicted molar refractivity (Wildman–Crippen MR) is 147 cm³/mol. The molecule has 1 fully saturated rings. The summed E-state index contributed by atoms with van der Waals surface area (Å²) in [4.78, 5) is 33.1. The zero-order chi connectivity index (χ0) is 26.4. The summed E-state index contributed by atoms with van der Waals surface area (Å²) in [6.45, 7) is 8.07. The quantitative estimate of drug-likeness (QED) is 0.183. The first-order chi connectivity index (χ1) is 17.7. The van der Waals surface area contributed by atoms with Gasteiger partial charge in [0.2, 0.25) is 0 Å². The SMILES string of the molecule is COc1ccc(/C(O)=C2\C(=O)C(=O)N(c3nc4ccc(C)cc4s3)C2c2ccc(C(C)C)cc2)cc1C. The van der Waals surface area contributed by atoms with E-state index >= 15 is 0 Å². The maximum atomic E-state index is 13.5. The third kappa shape index (κ3) is 4.29. The van der Waals surface area contributed by atoms with E-state index in [4.69, 9.17) is 9.72 Å². The fourth-order valence-electron chi connectivity index (χ4n) is 4.71. The minimum atomic E-state index is -0.815. The van der Waals surface area contributed by atoms with E-state index in [-0.39, 0.29) is 11.3 Å². The molecule has 0 aliphatic carbocycles. The average Bonchev–Trinajstić information content (AvgIpc) is 3.41. The van der Waals surface area contributed by atoms with Crippen molar-refractivity contribution >= 4 is 44.1 Å². The van der Waals surface area contributed by atoms with Crippen LogP contribution in [0.1, 0.15) is 53.6 Å². The number of Topliss-reactive ketones (excluding diaryl/α,β-unsaturated/α-hetero) is 1. The Balaban J connectivity index is 1.71. The van der Waals surface area contributed by atoms with Gasteiger partial charge in [0.1, 0.15) is 11.5 Å². The second kappa shape index (κ2) is 9.48. The Morgan fingerprint density at radius 3 is 2.41 bits per heavy atom. The van der Waals surface area contributed by atoms with Crippen LogP contribution in [-0.2, 0) is 9.59 Å². The largest absolute Gasteiger partial charge is 0.507 e. The highest BCUT2D eigenvalue weighted by Gasteiger charge is 2.48. The lowest BCUT2D eigenvalue weighted by Crippen LogP contribution is -2.29. The number of methoxy groups -OCH3 is 1. The molecule has 0 spiro atoms.